The van der Waals surface area contributed by atoms with E-state index in [0.29, 0.717) is 5.95 Å². The van der Waals surface area contributed by atoms with E-state index in [1.807, 2.05) is 34.9 Å². The summed E-state index contributed by atoms with van der Waals surface area (Å²) < 4.78 is 4.16. The van der Waals surface area contributed by atoms with Gasteiger partial charge in [0, 0.05) is 13.7 Å². The van der Waals surface area contributed by atoms with Crippen molar-refractivity contribution in [2.24, 2.45) is 0 Å². The van der Waals surface area contributed by atoms with E-state index < -0.39 is 0 Å². The number of hydrogen-bond acceptors (Lipinski definition) is 2. The molecule has 5 heteroatoms. The molecule has 0 aliphatic heterocycles. The van der Waals surface area contributed by atoms with E-state index in [1.54, 1.807) is 0 Å². The van der Waals surface area contributed by atoms with Crippen molar-refractivity contribution in [2.45, 2.75) is 0 Å². The summed E-state index contributed by atoms with van der Waals surface area (Å²) in [6.45, 7) is 0. The maximum atomic E-state index is 6.01. The zero-order valence-corrected chi connectivity index (χ0v) is 13.0. The van der Waals surface area contributed by atoms with Crippen LogP contribution in [0.1, 0.15) is 0 Å². The van der Waals surface area contributed by atoms with Crippen molar-refractivity contribution in [3.63, 3.8) is 0 Å². The Morgan fingerprint density at radius 3 is 2.56 bits per heavy atom. The molecule has 90 valence electrons. The van der Waals surface area contributed by atoms with Gasteiger partial charge in [-0.05, 0) is 65.1 Å². The Balaban J connectivity index is 2.30. The molecule has 0 atom stereocenters. The number of halogens is 2. The number of hydrogen-bond donors (Lipinski definition) is 1. The summed E-state index contributed by atoms with van der Waals surface area (Å²) in [5, 5.41) is 0. The first-order chi connectivity index (χ1) is 8.65. The third-order valence-electron chi connectivity index (χ3n) is 2.73. The van der Waals surface area contributed by atoms with Crippen molar-refractivity contribution < 1.29 is 0 Å². The van der Waals surface area contributed by atoms with E-state index in [4.69, 9.17) is 5.73 Å². The molecule has 2 N–H and O–H groups in total. The lowest BCUT2D eigenvalue weighted by molar-refractivity contribution is 1.11. The predicted molar refractivity (Wildman–Crippen MR) is 85.9 cm³/mol. The first kappa shape index (κ1) is 12.0. The zero-order chi connectivity index (χ0) is 12.7. The lowest BCUT2D eigenvalue weighted by atomic mass is 10.3. The fourth-order valence-corrected chi connectivity index (χ4v) is 2.64. The van der Waals surface area contributed by atoms with Gasteiger partial charge in [0.2, 0.25) is 5.95 Å². The molecule has 1 heterocycles. The molecule has 0 amide bonds. The first-order valence-corrected chi connectivity index (χ1v) is 7.22. The minimum Gasteiger partial charge on any atom is -0.369 e. The van der Waals surface area contributed by atoms with Gasteiger partial charge in [0.25, 0.3) is 0 Å². The average molecular weight is 414 g/mol. The van der Waals surface area contributed by atoms with Gasteiger partial charge in [-0.15, -0.1) is 0 Å². The molecule has 0 saturated heterocycles. The van der Waals surface area contributed by atoms with Crippen molar-refractivity contribution in [2.75, 3.05) is 5.73 Å². The minimum absolute atomic E-state index is 0.504. The largest absolute Gasteiger partial charge is 0.369 e. The van der Waals surface area contributed by atoms with Crippen LogP contribution in [0.2, 0.25) is 0 Å². The van der Waals surface area contributed by atoms with Crippen LogP contribution in [0.3, 0.4) is 0 Å². The molecule has 3 nitrogen and oxygen atoms in total. The lowest BCUT2D eigenvalue weighted by Crippen LogP contribution is -2.00. The molecule has 0 saturated carbocycles. The molecule has 3 aromatic rings. The quantitative estimate of drug-likeness (QED) is 0.613. The molecule has 0 spiro atoms. The smallest absolute Gasteiger partial charge is 0.205 e. The second-order valence-corrected chi connectivity index (χ2v) is 6.08. The van der Waals surface area contributed by atoms with E-state index in [1.165, 1.54) is 3.57 Å². The molecule has 3 rings (SSSR count). The molecular weight excluding hydrogens is 405 g/mol. The van der Waals surface area contributed by atoms with E-state index in [-0.39, 0.29) is 0 Å². The molecule has 0 bridgehead atoms. The summed E-state index contributed by atoms with van der Waals surface area (Å²) in [7, 11) is 0. The van der Waals surface area contributed by atoms with E-state index >= 15 is 0 Å². The second-order valence-electron chi connectivity index (χ2n) is 3.91. The van der Waals surface area contributed by atoms with Crippen LogP contribution in [0.25, 0.3) is 16.7 Å². The fraction of sp³-hybridized carbons (Fsp3) is 0. The summed E-state index contributed by atoms with van der Waals surface area (Å²) in [5.41, 5.74) is 8.93. The third-order valence-corrected chi connectivity index (χ3v) is 3.94. The minimum atomic E-state index is 0.504. The SMILES string of the molecule is Nc1nc2ccc(Br)cc2n1-c1ccc(I)cc1. The van der Waals surface area contributed by atoms with Crippen molar-refractivity contribution in [3.05, 3.63) is 50.5 Å². The van der Waals surface area contributed by atoms with Crippen LogP contribution in [0.4, 0.5) is 5.95 Å². The second kappa shape index (κ2) is 4.55. The summed E-state index contributed by atoms with van der Waals surface area (Å²) in [4.78, 5) is 4.37. The van der Waals surface area contributed by atoms with Gasteiger partial charge in [-0.3, -0.25) is 4.57 Å². The molecule has 18 heavy (non-hydrogen) atoms. The maximum Gasteiger partial charge on any atom is 0.205 e. The summed E-state index contributed by atoms with van der Waals surface area (Å²) in [6.07, 6.45) is 0. The van der Waals surface area contributed by atoms with Gasteiger partial charge >= 0.3 is 0 Å². The lowest BCUT2D eigenvalue weighted by Gasteiger charge is -2.06. The Kier molecular flexibility index (Phi) is 3.03. The Labute approximate surface area is 126 Å². The third kappa shape index (κ3) is 2.01. The highest BCUT2D eigenvalue weighted by atomic mass is 127. The number of nitrogens with zero attached hydrogens (tertiary/aromatic N) is 2. The Morgan fingerprint density at radius 1 is 1.11 bits per heavy atom. The van der Waals surface area contributed by atoms with E-state index in [9.17, 15) is 0 Å². The van der Waals surface area contributed by atoms with Crippen LogP contribution in [0.15, 0.2) is 46.9 Å². The molecule has 1 aromatic heterocycles. The average Bonchev–Trinajstić information content (AvgIpc) is 2.66. The van der Waals surface area contributed by atoms with Crippen LogP contribution >= 0.6 is 38.5 Å². The van der Waals surface area contributed by atoms with E-state index in [0.717, 1.165) is 21.2 Å². The first-order valence-electron chi connectivity index (χ1n) is 5.34. The Bertz CT molecular complexity index is 719. The zero-order valence-electron chi connectivity index (χ0n) is 9.27. The van der Waals surface area contributed by atoms with Crippen LogP contribution in [-0.2, 0) is 0 Å². The number of fused-ring (bicyclic) bond motifs is 1. The summed E-state index contributed by atoms with van der Waals surface area (Å²) >= 11 is 5.76. The van der Waals surface area contributed by atoms with Gasteiger partial charge < -0.3 is 5.73 Å². The number of nitrogens with two attached hydrogens (primary N) is 1. The molecule has 0 aliphatic rings. The van der Waals surface area contributed by atoms with Crippen LogP contribution in [-0.4, -0.2) is 9.55 Å². The van der Waals surface area contributed by atoms with Gasteiger partial charge in [0.1, 0.15) is 0 Å². The number of imidazole rings is 1. The number of nitrogen functional groups attached to an aromatic ring is 1. The number of aromatic nitrogens is 2. The van der Waals surface area contributed by atoms with Gasteiger partial charge in [-0.1, -0.05) is 15.9 Å². The predicted octanol–water partition coefficient (Wildman–Crippen LogP) is 3.97. The van der Waals surface area contributed by atoms with Crippen molar-refractivity contribution in [1.82, 2.24) is 9.55 Å². The van der Waals surface area contributed by atoms with Gasteiger partial charge in [0.05, 0.1) is 11.0 Å². The molecule has 0 radical (unpaired) electrons. The fourth-order valence-electron chi connectivity index (χ4n) is 1.93. The van der Waals surface area contributed by atoms with Crippen LogP contribution in [0, 0.1) is 3.57 Å². The van der Waals surface area contributed by atoms with Crippen molar-refractivity contribution in [1.29, 1.82) is 0 Å². The standard InChI is InChI=1S/C13H9BrIN3/c14-8-1-6-11-12(7-8)18(13(16)17-11)10-4-2-9(15)3-5-10/h1-7H,(H2,16,17). The highest BCUT2D eigenvalue weighted by molar-refractivity contribution is 14.1. The molecule has 0 aliphatic carbocycles. The molecular formula is C13H9BrIN3. The van der Waals surface area contributed by atoms with Crippen molar-refractivity contribution in [3.8, 4) is 5.69 Å². The van der Waals surface area contributed by atoms with Gasteiger partial charge in [-0.2, -0.15) is 0 Å². The monoisotopic (exact) mass is 413 g/mol. The van der Waals surface area contributed by atoms with Crippen LogP contribution < -0.4 is 5.73 Å². The highest BCUT2D eigenvalue weighted by Crippen LogP contribution is 2.26. The normalized spacial score (nSPS) is 11.0. The topological polar surface area (TPSA) is 43.8 Å². The summed E-state index contributed by atoms with van der Waals surface area (Å²) in [5.74, 6) is 0.504. The van der Waals surface area contributed by atoms with Gasteiger partial charge in [0.15, 0.2) is 0 Å². The maximum absolute atomic E-state index is 6.01. The van der Waals surface area contributed by atoms with Crippen LogP contribution in [0.5, 0.6) is 0 Å². The van der Waals surface area contributed by atoms with Crippen molar-refractivity contribution >= 4 is 55.5 Å². The number of benzene rings is 2. The Hall–Kier alpha value is -1.08. The molecule has 0 fully saturated rings. The van der Waals surface area contributed by atoms with E-state index in [2.05, 4.69) is 55.6 Å². The summed E-state index contributed by atoms with van der Waals surface area (Å²) in [6, 6.07) is 14.1. The molecule has 2 aromatic carbocycles. The number of rotatable bonds is 1. The molecule has 0 unspecified atom stereocenters. The highest BCUT2D eigenvalue weighted by Gasteiger charge is 2.09. The number of anilines is 1. The Morgan fingerprint density at radius 2 is 1.83 bits per heavy atom. The van der Waals surface area contributed by atoms with Gasteiger partial charge in [-0.25, -0.2) is 4.98 Å².